The van der Waals surface area contributed by atoms with Crippen LogP contribution in [0.1, 0.15) is 57.8 Å². The monoisotopic (exact) mass is 223 g/mol. The third kappa shape index (κ3) is 3.31. The van der Waals surface area contributed by atoms with Gasteiger partial charge < -0.3 is 4.90 Å². The Kier molecular flexibility index (Phi) is 4.39. The number of rotatable bonds is 4. The Hall–Kier alpha value is -0.370. The minimum absolute atomic E-state index is 0.473. The maximum Gasteiger partial charge on any atom is 0.133 e. The molecule has 2 heteroatoms. The van der Waals surface area contributed by atoms with E-state index in [0.717, 1.165) is 31.6 Å². The van der Waals surface area contributed by atoms with Gasteiger partial charge in [-0.2, -0.15) is 0 Å². The lowest BCUT2D eigenvalue weighted by Crippen LogP contribution is -2.36. The van der Waals surface area contributed by atoms with Crippen molar-refractivity contribution in [2.75, 3.05) is 13.6 Å². The minimum Gasteiger partial charge on any atom is -0.303 e. The number of carbonyl (C=O) groups is 1. The van der Waals surface area contributed by atoms with Crippen LogP contribution in [0.4, 0.5) is 0 Å². The lowest BCUT2D eigenvalue weighted by Gasteiger charge is -2.31. The molecular weight excluding hydrogens is 198 g/mol. The van der Waals surface area contributed by atoms with Crippen molar-refractivity contribution >= 4 is 5.78 Å². The van der Waals surface area contributed by atoms with Gasteiger partial charge in [-0.3, -0.25) is 4.79 Å². The van der Waals surface area contributed by atoms with Gasteiger partial charge in [-0.05, 0) is 38.8 Å². The van der Waals surface area contributed by atoms with Crippen LogP contribution in [0.5, 0.6) is 0 Å². The quantitative estimate of drug-likeness (QED) is 0.730. The summed E-state index contributed by atoms with van der Waals surface area (Å²) in [5.41, 5.74) is 0. The van der Waals surface area contributed by atoms with Crippen LogP contribution in [0.2, 0.25) is 0 Å². The normalized spacial score (nSPS) is 24.5. The molecule has 2 rings (SSSR count). The number of hydrogen-bond donors (Lipinski definition) is 0. The number of carbonyl (C=O) groups excluding carboxylic acids is 1. The topological polar surface area (TPSA) is 20.3 Å². The Balaban J connectivity index is 1.66. The van der Waals surface area contributed by atoms with Gasteiger partial charge in [0.15, 0.2) is 0 Å². The van der Waals surface area contributed by atoms with Gasteiger partial charge in [0.2, 0.25) is 0 Å². The van der Waals surface area contributed by atoms with Crippen molar-refractivity contribution in [2.45, 2.75) is 63.8 Å². The van der Waals surface area contributed by atoms with Crippen LogP contribution >= 0.6 is 0 Å². The first-order chi connectivity index (χ1) is 7.75. The van der Waals surface area contributed by atoms with E-state index < -0.39 is 0 Å². The number of hydrogen-bond acceptors (Lipinski definition) is 2. The Morgan fingerprint density at radius 1 is 1.12 bits per heavy atom. The lowest BCUT2D eigenvalue weighted by atomic mass is 9.93. The van der Waals surface area contributed by atoms with Gasteiger partial charge in [0, 0.05) is 18.9 Å². The van der Waals surface area contributed by atoms with Gasteiger partial charge in [0.1, 0.15) is 5.78 Å². The molecule has 0 aromatic carbocycles. The molecule has 0 bridgehead atoms. The number of ketones is 1. The fraction of sp³-hybridized carbons (Fsp3) is 0.929. The van der Waals surface area contributed by atoms with Gasteiger partial charge in [-0.25, -0.2) is 0 Å². The molecule has 0 heterocycles. The molecule has 0 unspecified atom stereocenters. The van der Waals surface area contributed by atoms with Crippen molar-refractivity contribution in [3.05, 3.63) is 0 Å². The first-order valence-corrected chi connectivity index (χ1v) is 6.97. The van der Waals surface area contributed by atoms with Crippen molar-refractivity contribution < 1.29 is 4.79 Å². The summed E-state index contributed by atoms with van der Waals surface area (Å²) < 4.78 is 0. The largest absolute Gasteiger partial charge is 0.303 e. The molecule has 2 nitrogen and oxygen atoms in total. The van der Waals surface area contributed by atoms with Crippen molar-refractivity contribution in [1.82, 2.24) is 4.90 Å². The fourth-order valence-electron chi connectivity index (χ4n) is 3.23. The van der Waals surface area contributed by atoms with Gasteiger partial charge in [-0.15, -0.1) is 0 Å². The van der Waals surface area contributed by atoms with E-state index in [-0.39, 0.29) is 0 Å². The van der Waals surface area contributed by atoms with Crippen LogP contribution in [0.15, 0.2) is 0 Å². The highest BCUT2D eigenvalue weighted by atomic mass is 16.1. The molecule has 0 aromatic rings. The zero-order chi connectivity index (χ0) is 11.4. The fourth-order valence-corrected chi connectivity index (χ4v) is 3.23. The number of Topliss-reactive ketones (excluding diaryl/α,β-unsaturated/α-hetero) is 1. The molecule has 0 aromatic heterocycles. The van der Waals surface area contributed by atoms with Crippen LogP contribution in [0.25, 0.3) is 0 Å². The zero-order valence-corrected chi connectivity index (χ0v) is 10.6. The summed E-state index contributed by atoms with van der Waals surface area (Å²) in [4.78, 5) is 13.7. The van der Waals surface area contributed by atoms with E-state index >= 15 is 0 Å². The van der Waals surface area contributed by atoms with Crippen molar-refractivity contribution in [2.24, 2.45) is 5.92 Å². The third-order valence-corrected chi connectivity index (χ3v) is 4.50. The van der Waals surface area contributed by atoms with Crippen molar-refractivity contribution in [1.29, 1.82) is 0 Å². The maximum absolute atomic E-state index is 11.2. The molecule has 2 fully saturated rings. The predicted molar refractivity (Wildman–Crippen MR) is 66.5 cm³/mol. The average molecular weight is 223 g/mol. The Bertz CT molecular complexity index is 223. The third-order valence-electron chi connectivity index (χ3n) is 4.50. The summed E-state index contributed by atoms with van der Waals surface area (Å²) in [5, 5.41) is 0. The maximum atomic E-state index is 11.2. The van der Waals surface area contributed by atoms with E-state index in [1.807, 2.05) is 0 Å². The Morgan fingerprint density at radius 2 is 1.75 bits per heavy atom. The molecular formula is C14H25NO. The second kappa shape index (κ2) is 5.81. The lowest BCUT2D eigenvalue weighted by molar-refractivity contribution is -0.121. The summed E-state index contributed by atoms with van der Waals surface area (Å²) in [6.45, 7) is 1.24. The van der Waals surface area contributed by atoms with Gasteiger partial charge in [0.25, 0.3) is 0 Å². The summed E-state index contributed by atoms with van der Waals surface area (Å²) in [6.07, 6.45) is 11.0. The smallest absolute Gasteiger partial charge is 0.133 e. The SMILES string of the molecule is CN(CCC1CCCC1)C1CCC(=O)CC1. The molecule has 0 N–H and O–H groups in total. The molecule has 0 amide bonds. The first-order valence-electron chi connectivity index (χ1n) is 6.97. The molecule has 0 spiro atoms. The summed E-state index contributed by atoms with van der Waals surface area (Å²) in [6, 6.07) is 0.680. The molecule has 0 atom stereocenters. The average Bonchev–Trinajstić information content (AvgIpc) is 2.80. The van der Waals surface area contributed by atoms with E-state index in [1.54, 1.807) is 0 Å². The van der Waals surface area contributed by atoms with E-state index in [1.165, 1.54) is 38.6 Å². The van der Waals surface area contributed by atoms with Crippen LogP contribution < -0.4 is 0 Å². The highest BCUT2D eigenvalue weighted by molar-refractivity contribution is 5.79. The Labute approximate surface area is 99.4 Å². The molecule has 2 aliphatic rings. The molecule has 0 saturated heterocycles. The molecule has 16 heavy (non-hydrogen) atoms. The van der Waals surface area contributed by atoms with Crippen LogP contribution in [0, 0.1) is 5.92 Å². The minimum atomic E-state index is 0.473. The van der Waals surface area contributed by atoms with Gasteiger partial charge in [0.05, 0.1) is 0 Å². The summed E-state index contributed by atoms with van der Waals surface area (Å²) in [7, 11) is 2.25. The van der Waals surface area contributed by atoms with E-state index in [0.29, 0.717) is 11.8 Å². The standard InChI is InChI=1S/C14H25NO/c1-15(11-10-12-4-2-3-5-12)13-6-8-14(16)9-7-13/h12-13H,2-11H2,1H3. The second-order valence-electron chi connectivity index (χ2n) is 5.69. The predicted octanol–water partition coefficient (Wildman–Crippen LogP) is 3.01. The molecule has 2 aliphatic carbocycles. The number of nitrogens with zero attached hydrogens (tertiary/aromatic N) is 1. The van der Waals surface area contributed by atoms with E-state index in [4.69, 9.17) is 0 Å². The van der Waals surface area contributed by atoms with E-state index in [2.05, 4.69) is 11.9 Å². The first kappa shape index (κ1) is 12.1. The summed E-state index contributed by atoms with van der Waals surface area (Å²) >= 11 is 0. The van der Waals surface area contributed by atoms with Crippen LogP contribution in [0.3, 0.4) is 0 Å². The van der Waals surface area contributed by atoms with Gasteiger partial charge >= 0.3 is 0 Å². The molecule has 0 aliphatic heterocycles. The zero-order valence-electron chi connectivity index (χ0n) is 10.6. The molecule has 92 valence electrons. The van der Waals surface area contributed by atoms with Crippen LogP contribution in [-0.4, -0.2) is 30.3 Å². The molecule has 2 saturated carbocycles. The highest BCUT2D eigenvalue weighted by Gasteiger charge is 2.23. The molecule has 0 radical (unpaired) electrons. The Morgan fingerprint density at radius 3 is 2.38 bits per heavy atom. The second-order valence-corrected chi connectivity index (χ2v) is 5.69. The van der Waals surface area contributed by atoms with Crippen molar-refractivity contribution in [3.8, 4) is 0 Å². The van der Waals surface area contributed by atoms with Crippen LogP contribution in [-0.2, 0) is 4.79 Å². The summed E-state index contributed by atoms with van der Waals surface area (Å²) in [5.74, 6) is 1.47. The van der Waals surface area contributed by atoms with Crippen molar-refractivity contribution in [3.63, 3.8) is 0 Å². The van der Waals surface area contributed by atoms with E-state index in [9.17, 15) is 4.79 Å². The highest BCUT2D eigenvalue weighted by Crippen LogP contribution is 2.28. The van der Waals surface area contributed by atoms with Gasteiger partial charge in [-0.1, -0.05) is 25.7 Å².